The van der Waals surface area contributed by atoms with Gasteiger partial charge in [-0.3, -0.25) is 15.0 Å². The number of hydrogen-bond acceptors (Lipinski definition) is 5. The maximum absolute atomic E-state index is 13.4. The fraction of sp³-hybridized carbons (Fsp3) is 0.500. The maximum Gasteiger partial charge on any atom is 0.292 e. The van der Waals surface area contributed by atoms with Crippen LogP contribution in [0.4, 0.5) is 15.8 Å². The average molecular weight is 292 g/mol. The lowest BCUT2D eigenvalue weighted by atomic mass is 10.1. The van der Waals surface area contributed by atoms with Crippen molar-refractivity contribution in [3.63, 3.8) is 0 Å². The highest BCUT2D eigenvalue weighted by atomic mass is 19.1. The van der Waals surface area contributed by atoms with Crippen molar-refractivity contribution in [2.45, 2.75) is 19.4 Å². The van der Waals surface area contributed by atoms with Gasteiger partial charge in [-0.05, 0) is 12.5 Å². The monoisotopic (exact) mass is 292 g/mol. The summed E-state index contributed by atoms with van der Waals surface area (Å²) >= 11 is 0. The molecule has 1 aromatic rings. The molecule has 1 atom stereocenters. The van der Waals surface area contributed by atoms with Crippen LogP contribution in [-0.4, -0.2) is 42.0 Å². The van der Waals surface area contributed by atoms with Crippen LogP contribution in [0, 0.1) is 27.3 Å². The lowest BCUT2D eigenvalue weighted by Crippen LogP contribution is -2.50. The van der Waals surface area contributed by atoms with Crippen LogP contribution < -0.4 is 4.90 Å². The molecule has 112 valence electrons. The van der Waals surface area contributed by atoms with E-state index in [-0.39, 0.29) is 11.7 Å². The minimum Gasteiger partial charge on any atom is -0.363 e. The Bertz CT molecular complexity index is 565. The molecule has 1 aromatic carbocycles. The summed E-state index contributed by atoms with van der Waals surface area (Å²) in [6.45, 7) is 4.32. The smallest absolute Gasteiger partial charge is 0.292 e. The second-order valence-corrected chi connectivity index (χ2v) is 4.97. The van der Waals surface area contributed by atoms with Crippen LogP contribution in [0.3, 0.4) is 0 Å². The summed E-state index contributed by atoms with van der Waals surface area (Å²) in [4.78, 5) is 14.4. The lowest BCUT2D eigenvalue weighted by molar-refractivity contribution is -0.384. The van der Waals surface area contributed by atoms with E-state index in [1.807, 2.05) is 11.8 Å². The zero-order valence-corrected chi connectivity index (χ0v) is 11.8. The fourth-order valence-corrected chi connectivity index (χ4v) is 2.61. The molecule has 0 saturated carbocycles. The molecule has 0 N–H and O–H groups in total. The largest absolute Gasteiger partial charge is 0.363 e. The molecule has 1 unspecified atom stereocenters. The predicted octanol–water partition coefficient (Wildman–Crippen LogP) is 2.16. The topological polar surface area (TPSA) is 73.4 Å². The molecule has 1 saturated heterocycles. The molecule has 0 bridgehead atoms. The van der Waals surface area contributed by atoms with E-state index in [4.69, 9.17) is 5.26 Å². The molecule has 0 radical (unpaired) electrons. The number of nitro groups is 1. The number of benzene rings is 1. The molecule has 0 aliphatic carbocycles. The van der Waals surface area contributed by atoms with E-state index in [2.05, 4.69) is 11.0 Å². The molecule has 1 aliphatic heterocycles. The molecule has 0 spiro atoms. The minimum absolute atomic E-state index is 0.0859. The normalized spacial score (nSPS) is 17.3. The summed E-state index contributed by atoms with van der Waals surface area (Å²) in [5.74, 6) is -0.485. The Morgan fingerprint density at radius 2 is 2.10 bits per heavy atom. The third-order valence-electron chi connectivity index (χ3n) is 3.77. The molecule has 1 heterocycles. The number of anilines is 1. The van der Waals surface area contributed by atoms with Gasteiger partial charge in [0.05, 0.1) is 17.0 Å². The van der Waals surface area contributed by atoms with E-state index in [1.54, 1.807) is 0 Å². The van der Waals surface area contributed by atoms with Crippen molar-refractivity contribution >= 4 is 11.4 Å². The van der Waals surface area contributed by atoms with E-state index in [1.165, 1.54) is 12.1 Å². The van der Waals surface area contributed by atoms with Gasteiger partial charge in [-0.15, -0.1) is 0 Å². The van der Waals surface area contributed by atoms with E-state index >= 15 is 0 Å². The first-order valence-corrected chi connectivity index (χ1v) is 6.89. The van der Waals surface area contributed by atoms with Gasteiger partial charge in [0.1, 0.15) is 11.5 Å². The Kier molecular flexibility index (Phi) is 4.70. The van der Waals surface area contributed by atoms with Crippen LogP contribution in [0.15, 0.2) is 18.2 Å². The zero-order chi connectivity index (χ0) is 15.4. The van der Waals surface area contributed by atoms with Crippen molar-refractivity contribution in [3.8, 4) is 6.07 Å². The van der Waals surface area contributed by atoms with Gasteiger partial charge >= 0.3 is 0 Å². The highest BCUT2D eigenvalue weighted by Gasteiger charge is 2.26. The van der Waals surface area contributed by atoms with Crippen LogP contribution in [0.25, 0.3) is 0 Å². The van der Waals surface area contributed by atoms with Crippen LogP contribution >= 0.6 is 0 Å². The SMILES string of the molecule is CCC(C#N)N1CCN(c2cc(F)ccc2[N+](=O)[O-])CC1. The summed E-state index contributed by atoms with van der Waals surface area (Å²) < 4.78 is 13.4. The average Bonchev–Trinajstić information content (AvgIpc) is 2.49. The van der Waals surface area contributed by atoms with Crippen molar-refractivity contribution in [2.24, 2.45) is 0 Å². The third-order valence-corrected chi connectivity index (χ3v) is 3.77. The molecular weight excluding hydrogens is 275 g/mol. The van der Waals surface area contributed by atoms with Gasteiger partial charge < -0.3 is 4.90 Å². The Morgan fingerprint density at radius 1 is 1.43 bits per heavy atom. The van der Waals surface area contributed by atoms with Crippen molar-refractivity contribution in [1.82, 2.24) is 4.90 Å². The molecular formula is C14H17FN4O2. The maximum atomic E-state index is 13.4. The first-order chi connectivity index (χ1) is 10.1. The number of halogens is 1. The number of nitrogens with zero attached hydrogens (tertiary/aromatic N) is 4. The zero-order valence-electron chi connectivity index (χ0n) is 11.8. The molecule has 21 heavy (non-hydrogen) atoms. The van der Waals surface area contributed by atoms with E-state index < -0.39 is 10.7 Å². The van der Waals surface area contributed by atoms with E-state index in [0.29, 0.717) is 31.9 Å². The van der Waals surface area contributed by atoms with Gasteiger partial charge in [0.15, 0.2) is 0 Å². The number of hydrogen-bond donors (Lipinski definition) is 0. The standard InChI is InChI=1S/C14H17FN4O2/c1-2-12(10-16)17-5-7-18(8-6-17)14-9-11(15)3-4-13(14)19(20)21/h3-4,9,12H,2,5-8H2,1H3. The minimum atomic E-state index is -0.495. The molecule has 0 aromatic heterocycles. The first kappa shape index (κ1) is 15.2. The second kappa shape index (κ2) is 6.50. The third kappa shape index (κ3) is 3.28. The van der Waals surface area contributed by atoms with Crippen LogP contribution in [0.5, 0.6) is 0 Å². The summed E-state index contributed by atoms with van der Waals surface area (Å²) in [6.07, 6.45) is 0.747. The number of nitriles is 1. The summed E-state index contributed by atoms with van der Waals surface area (Å²) in [5, 5.41) is 20.1. The highest BCUT2D eigenvalue weighted by Crippen LogP contribution is 2.29. The quantitative estimate of drug-likeness (QED) is 0.628. The van der Waals surface area contributed by atoms with Gasteiger partial charge in [0, 0.05) is 38.3 Å². The lowest BCUT2D eigenvalue weighted by Gasteiger charge is -2.37. The van der Waals surface area contributed by atoms with Crippen molar-refractivity contribution in [3.05, 3.63) is 34.1 Å². The Balaban J connectivity index is 2.14. The van der Waals surface area contributed by atoms with Gasteiger partial charge in [-0.1, -0.05) is 6.92 Å². The number of nitro benzene ring substituents is 1. The van der Waals surface area contributed by atoms with Crippen LogP contribution in [0.1, 0.15) is 13.3 Å². The fourth-order valence-electron chi connectivity index (χ4n) is 2.61. The van der Waals surface area contributed by atoms with E-state index in [9.17, 15) is 14.5 Å². The predicted molar refractivity (Wildman–Crippen MR) is 76.5 cm³/mol. The Morgan fingerprint density at radius 3 is 2.62 bits per heavy atom. The van der Waals surface area contributed by atoms with Crippen molar-refractivity contribution in [1.29, 1.82) is 5.26 Å². The van der Waals surface area contributed by atoms with Crippen molar-refractivity contribution in [2.75, 3.05) is 31.1 Å². The first-order valence-electron chi connectivity index (χ1n) is 6.89. The molecule has 1 fully saturated rings. The molecule has 0 amide bonds. The van der Waals surface area contributed by atoms with Crippen molar-refractivity contribution < 1.29 is 9.31 Å². The van der Waals surface area contributed by atoms with Crippen LogP contribution in [-0.2, 0) is 0 Å². The van der Waals surface area contributed by atoms with Gasteiger partial charge in [0.25, 0.3) is 5.69 Å². The molecule has 2 rings (SSSR count). The Labute approximate surface area is 122 Å². The number of piperazine rings is 1. The molecule has 6 nitrogen and oxygen atoms in total. The van der Waals surface area contributed by atoms with Gasteiger partial charge in [-0.25, -0.2) is 4.39 Å². The van der Waals surface area contributed by atoms with E-state index in [0.717, 1.165) is 12.5 Å². The van der Waals surface area contributed by atoms with Gasteiger partial charge in [-0.2, -0.15) is 5.26 Å². The highest BCUT2D eigenvalue weighted by molar-refractivity contribution is 5.63. The summed E-state index contributed by atoms with van der Waals surface area (Å²) in [7, 11) is 0. The van der Waals surface area contributed by atoms with Gasteiger partial charge in [0.2, 0.25) is 0 Å². The summed E-state index contributed by atoms with van der Waals surface area (Å²) in [5.41, 5.74) is 0.224. The summed E-state index contributed by atoms with van der Waals surface area (Å²) in [6, 6.07) is 5.62. The van der Waals surface area contributed by atoms with Crippen LogP contribution in [0.2, 0.25) is 0 Å². The molecule has 1 aliphatic rings. The Hall–Kier alpha value is -2.20. The molecule has 7 heteroatoms. The number of rotatable bonds is 4. The second-order valence-electron chi connectivity index (χ2n) is 4.97.